The molecule has 82 valence electrons. The smallest absolute Gasteiger partial charge is 0.296 e. The first-order chi connectivity index (χ1) is 7.25. The van der Waals surface area contributed by atoms with Gasteiger partial charge in [-0.25, -0.2) is 5.01 Å². The summed E-state index contributed by atoms with van der Waals surface area (Å²) in [6.45, 7) is 2.61. The largest absolute Gasteiger partial charge is 0.379 e. The highest BCUT2D eigenvalue weighted by molar-refractivity contribution is 7.16. The van der Waals surface area contributed by atoms with Crippen LogP contribution in [0.25, 0.3) is 0 Å². The highest BCUT2D eigenvalue weighted by Crippen LogP contribution is 2.10. The fourth-order valence-corrected chi connectivity index (χ4v) is 1.69. The Morgan fingerprint density at radius 3 is 2.80 bits per heavy atom. The van der Waals surface area contributed by atoms with Crippen LogP contribution >= 0.6 is 11.3 Å². The van der Waals surface area contributed by atoms with Crippen LogP contribution in [0, 0.1) is 0 Å². The van der Waals surface area contributed by atoms with Crippen LogP contribution in [0.1, 0.15) is 9.80 Å². The number of rotatable bonds is 2. The first-order valence-corrected chi connectivity index (χ1v) is 5.30. The molecule has 2 heterocycles. The van der Waals surface area contributed by atoms with Gasteiger partial charge < -0.3 is 10.5 Å². The van der Waals surface area contributed by atoms with Crippen molar-refractivity contribution in [2.75, 3.05) is 32.0 Å². The summed E-state index contributed by atoms with van der Waals surface area (Å²) in [7, 11) is 0. The van der Waals surface area contributed by atoms with Crippen LogP contribution in [-0.2, 0) is 4.74 Å². The minimum atomic E-state index is -0.272. The molecule has 3 N–H and O–H groups in total. The highest BCUT2D eigenvalue weighted by Gasteiger charge is 2.16. The number of nitrogen functional groups attached to an aromatic ring is 1. The van der Waals surface area contributed by atoms with E-state index in [2.05, 4.69) is 15.6 Å². The van der Waals surface area contributed by atoms with Gasteiger partial charge in [0.25, 0.3) is 5.91 Å². The van der Waals surface area contributed by atoms with Crippen LogP contribution in [0.4, 0.5) is 5.13 Å². The maximum atomic E-state index is 11.6. The SMILES string of the molecule is Nc1nnc(C(=O)NN2CCOCC2)s1. The molecule has 0 saturated carbocycles. The first-order valence-electron chi connectivity index (χ1n) is 4.48. The van der Waals surface area contributed by atoms with Gasteiger partial charge in [0.05, 0.1) is 13.2 Å². The fourth-order valence-electron chi connectivity index (χ4n) is 1.19. The topological polar surface area (TPSA) is 93.4 Å². The zero-order valence-electron chi connectivity index (χ0n) is 7.97. The van der Waals surface area contributed by atoms with Crippen LogP contribution in [-0.4, -0.2) is 47.4 Å². The van der Waals surface area contributed by atoms with E-state index in [4.69, 9.17) is 10.5 Å². The lowest BCUT2D eigenvalue weighted by Crippen LogP contribution is -2.48. The molecular weight excluding hydrogens is 218 g/mol. The Morgan fingerprint density at radius 1 is 1.47 bits per heavy atom. The summed E-state index contributed by atoms with van der Waals surface area (Å²) in [5, 5.41) is 9.59. The molecule has 1 aliphatic rings. The predicted octanol–water partition coefficient (Wildman–Crippen LogP) is -0.903. The van der Waals surface area contributed by atoms with Crippen LogP contribution in [0.5, 0.6) is 0 Å². The molecule has 1 amide bonds. The number of hydrazine groups is 1. The third kappa shape index (κ3) is 2.61. The van der Waals surface area contributed by atoms with Crippen molar-refractivity contribution >= 4 is 22.4 Å². The molecule has 0 spiro atoms. The molecule has 0 aromatic carbocycles. The molecule has 2 rings (SSSR count). The zero-order chi connectivity index (χ0) is 10.7. The molecule has 7 nitrogen and oxygen atoms in total. The normalized spacial score (nSPS) is 17.6. The molecule has 1 fully saturated rings. The summed E-state index contributed by atoms with van der Waals surface area (Å²) < 4.78 is 5.15. The number of nitrogens with two attached hydrogens (primary N) is 1. The van der Waals surface area contributed by atoms with Crippen LogP contribution in [0.15, 0.2) is 0 Å². The van der Waals surface area contributed by atoms with Gasteiger partial charge in [-0.15, -0.1) is 10.2 Å². The van der Waals surface area contributed by atoms with Crippen LogP contribution < -0.4 is 11.2 Å². The average molecular weight is 229 g/mol. The van der Waals surface area contributed by atoms with Gasteiger partial charge in [-0.2, -0.15) is 0 Å². The minimum Gasteiger partial charge on any atom is -0.379 e. The number of nitrogens with one attached hydrogen (secondary N) is 1. The molecule has 0 unspecified atom stereocenters. The first kappa shape index (κ1) is 10.3. The second-order valence-electron chi connectivity index (χ2n) is 2.99. The number of carbonyl (C=O) groups is 1. The second kappa shape index (κ2) is 4.51. The van der Waals surface area contributed by atoms with Crippen molar-refractivity contribution in [2.24, 2.45) is 0 Å². The van der Waals surface area contributed by atoms with Gasteiger partial charge in [0.15, 0.2) is 0 Å². The lowest BCUT2D eigenvalue weighted by atomic mass is 10.5. The van der Waals surface area contributed by atoms with Gasteiger partial charge in [-0.3, -0.25) is 10.2 Å². The molecule has 0 aliphatic carbocycles. The molecule has 1 aromatic heterocycles. The molecule has 0 radical (unpaired) electrons. The Bertz CT molecular complexity index is 349. The maximum absolute atomic E-state index is 11.6. The summed E-state index contributed by atoms with van der Waals surface area (Å²) in [6, 6.07) is 0. The maximum Gasteiger partial charge on any atom is 0.296 e. The number of aromatic nitrogens is 2. The van der Waals surface area contributed by atoms with Gasteiger partial charge in [-0.1, -0.05) is 11.3 Å². The van der Waals surface area contributed by atoms with Crippen molar-refractivity contribution in [3.05, 3.63) is 5.01 Å². The van der Waals surface area contributed by atoms with Crippen molar-refractivity contribution < 1.29 is 9.53 Å². The molecule has 8 heteroatoms. The summed E-state index contributed by atoms with van der Waals surface area (Å²) >= 11 is 1.07. The summed E-state index contributed by atoms with van der Waals surface area (Å²) in [4.78, 5) is 11.6. The van der Waals surface area contributed by atoms with E-state index in [-0.39, 0.29) is 10.9 Å². The Balaban J connectivity index is 1.91. The Labute approximate surface area is 90.2 Å². The number of hydrogen-bond acceptors (Lipinski definition) is 7. The lowest BCUT2D eigenvalue weighted by Gasteiger charge is -2.26. The number of hydrogen-bond donors (Lipinski definition) is 2. The zero-order valence-corrected chi connectivity index (χ0v) is 8.79. The average Bonchev–Trinajstić information content (AvgIpc) is 2.66. The monoisotopic (exact) mass is 229 g/mol. The van der Waals surface area contributed by atoms with E-state index in [1.807, 2.05) is 0 Å². The standard InChI is InChI=1S/C7H11N5O2S/c8-7-10-9-6(15-7)5(13)11-12-1-3-14-4-2-12/h1-4H2,(H2,8,10)(H,11,13). The van der Waals surface area contributed by atoms with E-state index < -0.39 is 0 Å². The molecule has 15 heavy (non-hydrogen) atoms. The quantitative estimate of drug-likeness (QED) is 0.682. The van der Waals surface area contributed by atoms with E-state index >= 15 is 0 Å². The summed E-state index contributed by atoms with van der Waals surface area (Å²) in [5.41, 5.74) is 8.10. The van der Waals surface area contributed by atoms with E-state index in [1.54, 1.807) is 5.01 Å². The Hall–Kier alpha value is -1.25. The van der Waals surface area contributed by atoms with Crippen molar-refractivity contribution in [1.29, 1.82) is 0 Å². The molecule has 1 aromatic rings. The number of ether oxygens (including phenoxy) is 1. The number of amides is 1. The number of morpholine rings is 1. The predicted molar refractivity (Wildman–Crippen MR) is 54.2 cm³/mol. The summed E-state index contributed by atoms with van der Waals surface area (Å²) in [5.74, 6) is -0.272. The number of nitrogens with zero attached hydrogens (tertiary/aromatic N) is 3. The van der Waals surface area contributed by atoms with Crippen LogP contribution in [0.3, 0.4) is 0 Å². The van der Waals surface area contributed by atoms with E-state index in [9.17, 15) is 4.79 Å². The lowest BCUT2D eigenvalue weighted by molar-refractivity contribution is 0.0126. The van der Waals surface area contributed by atoms with E-state index in [0.29, 0.717) is 31.4 Å². The summed E-state index contributed by atoms with van der Waals surface area (Å²) in [6.07, 6.45) is 0. The van der Waals surface area contributed by atoms with Crippen molar-refractivity contribution in [1.82, 2.24) is 20.6 Å². The fraction of sp³-hybridized carbons (Fsp3) is 0.571. The van der Waals surface area contributed by atoms with Crippen molar-refractivity contribution in [2.45, 2.75) is 0 Å². The third-order valence-electron chi connectivity index (χ3n) is 1.91. The highest BCUT2D eigenvalue weighted by atomic mass is 32.1. The molecule has 1 aliphatic heterocycles. The minimum absolute atomic E-state index is 0.272. The van der Waals surface area contributed by atoms with Gasteiger partial charge in [0.1, 0.15) is 0 Å². The van der Waals surface area contributed by atoms with Gasteiger partial charge in [-0.05, 0) is 0 Å². The Morgan fingerprint density at radius 2 is 2.20 bits per heavy atom. The van der Waals surface area contributed by atoms with Crippen molar-refractivity contribution in [3.8, 4) is 0 Å². The van der Waals surface area contributed by atoms with Gasteiger partial charge in [0.2, 0.25) is 10.1 Å². The third-order valence-corrected chi connectivity index (χ3v) is 2.66. The van der Waals surface area contributed by atoms with E-state index in [0.717, 1.165) is 11.3 Å². The van der Waals surface area contributed by atoms with Crippen molar-refractivity contribution in [3.63, 3.8) is 0 Å². The molecule has 0 bridgehead atoms. The number of carbonyl (C=O) groups excluding carboxylic acids is 1. The van der Waals surface area contributed by atoms with E-state index in [1.165, 1.54) is 0 Å². The Kier molecular flexibility index (Phi) is 3.09. The molecule has 0 atom stereocenters. The van der Waals surface area contributed by atoms with Gasteiger partial charge in [0, 0.05) is 13.1 Å². The second-order valence-corrected chi connectivity index (χ2v) is 3.99. The number of anilines is 1. The van der Waals surface area contributed by atoms with Crippen LogP contribution in [0.2, 0.25) is 0 Å². The molecule has 1 saturated heterocycles. The van der Waals surface area contributed by atoms with Gasteiger partial charge >= 0.3 is 0 Å². The molecular formula is C7H11N5O2S.